The van der Waals surface area contributed by atoms with Gasteiger partial charge >= 0.3 is 0 Å². The Morgan fingerprint density at radius 2 is 2.24 bits per heavy atom. The van der Waals surface area contributed by atoms with Crippen molar-refractivity contribution in [2.24, 2.45) is 5.92 Å². The highest BCUT2D eigenvalue weighted by atomic mass is 35.5. The van der Waals surface area contributed by atoms with E-state index in [9.17, 15) is 8.42 Å². The van der Waals surface area contributed by atoms with Crippen molar-refractivity contribution < 1.29 is 12.8 Å². The number of hydrogen-bond acceptors (Lipinski definition) is 7. The van der Waals surface area contributed by atoms with Gasteiger partial charge in [-0.1, -0.05) is 23.4 Å². The van der Waals surface area contributed by atoms with Crippen LogP contribution in [0.4, 0.5) is 0 Å². The molecule has 132 valence electrons. The Kier molecular flexibility index (Phi) is 4.47. The number of aromatic nitrogens is 4. The second kappa shape index (κ2) is 6.62. The van der Waals surface area contributed by atoms with Crippen LogP contribution in [0.2, 0.25) is 5.02 Å². The fraction of sp³-hybridized carbons (Fsp3) is 0.400. The third-order valence-electron chi connectivity index (χ3n) is 4.06. The molecule has 3 aromatic rings. The number of benzene rings is 1. The number of fused-ring (bicyclic) bond motifs is 1. The number of nitrogens with one attached hydrogen (secondary N) is 1. The van der Waals surface area contributed by atoms with E-state index in [4.69, 9.17) is 16.0 Å². The first kappa shape index (κ1) is 16.9. The number of thioether (sulfide) groups is 1. The van der Waals surface area contributed by atoms with Crippen LogP contribution in [0.5, 0.6) is 0 Å². The zero-order valence-corrected chi connectivity index (χ0v) is 15.5. The minimum absolute atomic E-state index is 0.0726. The molecule has 0 bridgehead atoms. The topological polar surface area (TPSA) is 102 Å². The Labute approximate surface area is 153 Å². The summed E-state index contributed by atoms with van der Waals surface area (Å²) in [4.78, 5) is 7.69. The van der Waals surface area contributed by atoms with E-state index in [0.29, 0.717) is 34.7 Å². The molecule has 7 nitrogen and oxygen atoms in total. The summed E-state index contributed by atoms with van der Waals surface area (Å²) >= 11 is 7.35. The summed E-state index contributed by atoms with van der Waals surface area (Å²) in [6.07, 6.45) is 1.17. The summed E-state index contributed by atoms with van der Waals surface area (Å²) < 4.78 is 28.6. The number of aromatic amines is 1. The van der Waals surface area contributed by atoms with Crippen molar-refractivity contribution in [2.75, 3.05) is 11.5 Å². The van der Waals surface area contributed by atoms with Crippen LogP contribution in [0.25, 0.3) is 11.0 Å². The maximum absolute atomic E-state index is 11.5. The molecule has 2 aromatic heterocycles. The predicted octanol–water partition coefficient (Wildman–Crippen LogP) is 2.87. The number of hydrogen-bond donors (Lipinski definition) is 1. The van der Waals surface area contributed by atoms with Gasteiger partial charge in [-0.2, -0.15) is 0 Å². The molecule has 0 aliphatic carbocycles. The van der Waals surface area contributed by atoms with Gasteiger partial charge in [0.05, 0.1) is 28.3 Å². The molecule has 1 N–H and O–H groups in total. The van der Waals surface area contributed by atoms with Gasteiger partial charge in [-0.25, -0.2) is 13.4 Å². The normalized spacial score (nSPS) is 19.6. The lowest BCUT2D eigenvalue weighted by molar-refractivity contribution is 0.389. The van der Waals surface area contributed by atoms with Gasteiger partial charge in [-0.05, 0) is 30.5 Å². The Bertz CT molecular complexity index is 1010. The molecule has 1 aliphatic rings. The van der Waals surface area contributed by atoms with Gasteiger partial charge in [0, 0.05) is 11.4 Å². The summed E-state index contributed by atoms with van der Waals surface area (Å²) in [5, 5.41) is 9.14. The van der Waals surface area contributed by atoms with E-state index >= 15 is 0 Å². The smallest absolute Gasteiger partial charge is 0.277 e. The number of sulfone groups is 1. The SMILES string of the molecule is O=S1(=O)CC[C@H](Cc2nnc(SCc3nc4ccc(Cl)cc4[nH]3)o2)C1. The number of rotatable bonds is 5. The molecule has 25 heavy (non-hydrogen) atoms. The number of imidazole rings is 1. The summed E-state index contributed by atoms with van der Waals surface area (Å²) in [5.41, 5.74) is 1.74. The minimum Gasteiger partial charge on any atom is -0.416 e. The summed E-state index contributed by atoms with van der Waals surface area (Å²) in [7, 11) is -2.89. The van der Waals surface area contributed by atoms with Crippen LogP contribution in [-0.2, 0) is 22.0 Å². The summed E-state index contributed by atoms with van der Waals surface area (Å²) in [6, 6.07) is 5.50. The van der Waals surface area contributed by atoms with E-state index in [0.717, 1.165) is 16.9 Å². The monoisotopic (exact) mass is 398 g/mol. The van der Waals surface area contributed by atoms with Crippen LogP contribution in [0.3, 0.4) is 0 Å². The molecular formula is C15H15ClN4O3S2. The summed E-state index contributed by atoms with van der Waals surface area (Å²) in [5.74, 6) is 2.38. The zero-order chi connectivity index (χ0) is 17.4. The number of nitrogens with zero attached hydrogens (tertiary/aromatic N) is 3. The quantitative estimate of drug-likeness (QED) is 0.659. The van der Waals surface area contributed by atoms with Gasteiger partial charge < -0.3 is 9.40 Å². The van der Waals surface area contributed by atoms with Gasteiger partial charge in [-0.15, -0.1) is 10.2 Å². The van der Waals surface area contributed by atoms with Crippen LogP contribution in [-0.4, -0.2) is 40.1 Å². The van der Waals surface area contributed by atoms with E-state index in [2.05, 4.69) is 20.2 Å². The van der Waals surface area contributed by atoms with Gasteiger partial charge in [0.25, 0.3) is 5.22 Å². The Hall–Kier alpha value is -1.58. The first-order valence-corrected chi connectivity index (χ1v) is 10.9. The molecule has 0 saturated carbocycles. The van der Waals surface area contributed by atoms with E-state index in [-0.39, 0.29) is 17.4 Å². The maximum atomic E-state index is 11.5. The molecular weight excluding hydrogens is 384 g/mol. The molecule has 0 unspecified atom stereocenters. The highest BCUT2D eigenvalue weighted by molar-refractivity contribution is 7.98. The molecule has 1 saturated heterocycles. The molecule has 4 rings (SSSR count). The third-order valence-corrected chi connectivity index (χ3v) is 6.97. The van der Waals surface area contributed by atoms with E-state index in [1.165, 1.54) is 11.8 Å². The minimum atomic E-state index is -2.89. The maximum Gasteiger partial charge on any atom is 0.277 e. The fourth-order valence-corrected chi connectivity index (χ4v) is 5.58. The number of H-pyrrole nitrogens is 1. The lowest BCUT2D eigenvalue weighted by Crippen LogP contribution is -2.07. The second-order valence-corrected chi connectivity index (χ2v) is 9.66. The van der Waals surface area contributed by atoms with Crippen molar-refractivity contribution >= 4 is 44.2 Å². The predicted molar refractivity (Wildman–Crippen MR) is 95.4 cm³/mol. The van der Waals surface area contributed by atoms with E-state index in [1.54, 1.807) is 6.07 Å². The van der Waals surface area contributed by atoms with Crippen molar-refractivity contribution in [3.05, 3.63) is 34.9 Å². The molecule has 0 amide bonds. The average molecular weight is 399 g/mol. The first-order chi connectivity index (χ1) is 12.0. The van der Waals surface area contributed by atoms with Crippen LogP contribution in [0.1, 0.15) is 18.1 Å². The first-order valence-electron chi connectivity index (χ1n) is 7.77. The molecule has 1 aromatic carbocycles. The standard InChI is InChI=1S/C15H15ClN4O3S2/c16-10-1-2-11-12(6-10)18-13(17-11)7-24-15-20-19-14(23-15)5-9-3-4-25(21,22)8-9/h1-2,6,9H,3-5,7-8H2,(H,17,18)/t9-/m1/s1. The highest BCUT2D eigenvalue weighted by Gasteiger charge is 2.29. The van der Waals surface area contributed by atoms with Gasteiger partial charge in [0.15, 0.2) is 9.84 Å². The molecule has 0 spiro atoms. The molecule has 1 atom stereocenters. The van der Waals surface area contributed by atoms with E-state index < -0.39 is 9.84 Å². The molecule has 3 heterocycles. The molecule has 1 fully saturated rings. The molecule has 1 aliphatic heterocycles. The Balaban J connectivity index is 1.37. The summed E-state index contributed by atoms with van der Waals surface area (Å²) in [6.45, 7) is 0. The van der Waals surface area contributed by atoms with Crippen LogP contribution in [0, 0.1) is 5.92 Å². The van der Waals surface area contributed by atoms with Gasteiger partial charge in [0.1, 0.15) is 5.82 Å². The van der Waals surface area contributed by atoms with Crippen LogP contribution >= 0.6 is 23.4 Å². The van der Waals surface area contributed by atoms with Crippen molar-refractivity contribution in [2.45, 2.75) is 23.8 Å². The van der Waals surface area contributed by atoms with E-state index in [1.807, 2.05) is 12.1 Å². The molecule has 10 heteroatoms. The zero-order valence-electron chi connectivity index (χ0n) is 13.1. The lowest BCUT2D eigenvalue weighted by atomic mass is 10.1. The highest BCUT2D eigenvalue weighted by Crippen LogP contribution is 2.26. The van der Waals surface area contributed by atoms with Crippen molar-refractivity contribution in [1.29, 1.82) is 0 Å². The molecule has 0 radical (unpaired) electrons. The van der Waals surface area contributed by atoms with Crippen LogP contribution < -0.4 is 0 Å². The average Bonchev–Trinajstić information content (AvgIpc) is 3.24. The Morgan fingerprint density at radius 1 is 1.36 bits per heavy atom. The second-order valence-electron chi connectivity index (χ2n) is 6.07. The fourth-order valence-electron chi connectivity index (χ4n) is 2.89. The van der Waals surface area contributed by atoms with Crippen molar-refractivity contribution in [3.63, 3.8) is 0 Å². The van der Waals surface area contributed by atoms with Gasteiger partial charge in [-0.3, -0.25) is 0 Å². The third kappa shape index (κ3) is 3.99. The van der Waals surface area contributed by atoms with Crippen molar-refractivity contribution in [1.82, 2.24) is 20.2 Å². The Morgan fingerprint density at radius 3 is 3.04 bits per heavy atom. The number of halogens is 1. The van der Waals surface area contributed by atoms with Crippen LogP contribution in [0.15, 0.2) is 27.8 Å². The van der Waals surface area contributed by atoms with Gasteiger partial charge in [0.2, 0.25) is 5.89 Å². The van der Waals surface area contributed by atoms with Crippen molar-refractivity contribution in [3.8, 4) is 0 Å². The largest absolute Gasteiger partial charge is 0.416 e. The lowest BCUT2D eigenvalue weighted by Gasteiger charge is -2.01.